The normalized spacial score (nSPS) is 16.1. The highest BCUT2D eigenvalue weighted by atomic mass is 16.5. The Kier molecular flexibility index (Phi) is 6.25. The van der Waals surface area contributed by atoms with Crippen molar-refractivity contribution in [3.05, 3.63) is 50.8 Å². The lowest BCUT2D eigenvalue weighted by Gasteiger charge is -2.13. The number of carbonyl (C=O) groups excluding carboxylic acids is 1. The third-order valence-corrected chi connectivity index (χ3v) is 4.55. The van der Waals surface area contributed by atoms with Crippen LogP contribution in [0.15, 0.2) is 33.9 Å². The molecule has 1 N–H and O–H groups in total. The van der Waals surface area contributed by atoms with E-state index in [1.165, 1.54) is 7.11 Å². The van der Waals surface area contributed by atoms with E-state index < -0.39 is 17.2 Å². The Labute approximate surface area is 161 Å². The van der Waals surface area contributed by atoms with Gasteiger partial charge in [0.05, 0.1) is 18.9 Å². The summed E-state index contributed by atoms with van der Waals surface area (Å²) in [5.74, 6) is 0.000763. The third-order valence-electron chi connectivity index (χ3n) is 4.55. The molecule has 1 aromatic heterocycles. The topological polar surface area (TPSA) is 104 Å². The number of benzene rings is 1. The maximum atomic E-state index is 12.8. The predicted octanol–water partition coefficient (Wildman–Crippen LogP) is 0.722. The van der Waals surface area contributed by atoms with Gasteiger partial charge in [-0.05, 0) is 43.5 Å². The maximum absolute atomic E-state index is 12.8. The van der Waals surface area contributed by atoms with E-state index in [9.17, 15) is 14.4 Å². The molecule has 1 aliphatic rings. The van der Waals surface area contributed by atoms with E-state index in [4.69, 9.17) is 9.47 Å². The summed E-state index contributed by atoms with van der Waals surface area (Å²) in [4.78, 5) is 38.0. The Morgan fingerprint density at radius 2 is 2.07 bits per heavy atom. The predicted molar refractivity (Wildman–Crippen MR) is 102 cm³/mol. The Morgan fingerprint density at radius 1 is 1.32 bits per heavy atom. The van der Waals surface area contributed by atoms with Crippen molar-refractivity contribution in [2.45, 2.75) is 38.8 Å². The van der Waals surface area contributed by atoms with Crippen LogP contribution in [0.1, 0.15) is 36.7 Å². The quantitative estimate of drug-likeness (QED) is 0.750. The van der Waals surface area contributed by atoms with E-state index in [0.29, 0.717) is 31.0 Å². The van der Waals surface area contributed by atoms with Crippen LogP contribution in [-0.4, -0.2) is 46.6 Å². The van der Waals surface area contributed by atoms with Crippen LogP contribution < -0.4 is 21.3 Å². The van der Waals surface area contributed by atoms with Gasteiger partial charge in [0.2, 0.25) is 5.69 Å². The van der Waals surface area contributed by atoms with Gasteiger partial charge in [-0.15, -0.1) is 0 Å². The van der Waals surface area contributed by atoms with Gasteiger partial charge in [-0.25, -0.2) is 4.79 Å². The molecule has 28 heavy (non-hydrogen) atoms. The van der Waals surface area contributed by atoms with Gasteiger partial charge in [-0.1, -0.05) is 6.92 Å². The number of hydrogen-bond donors (Lipinski definition) is 1. The van der Waals surface area contributed by atoms with Gasteiger partial charge >= 0.3 is 5.69 Å². The maximum Gasteiger partial charge on any atom is 0.352 e. The molecule has 1 aliphatic heterocycles. The molecule has 9 nitrogen and oxygen atoms in total. The number of ether oxygens (including phenoxy) is 2. The minimum atomic E-state index is -0.693. The fraction of sp³-hybridized carbons (Fsp3) is 0.474. The molecular formula is C19H24N4O5. The molecule has 1 fully saturated rings. The van der Waals surface area contributed by atoms with Crippen molar-refractivity contribution >= 4 is 5.91 Å². The smallest absolute Gasteiger partial charge is 0.352 e. The molecule has 0 spiro atoms. The van der Waals surface area contributed by atoms with Crippen LogP contribution in [0.2, 0.25) is 0 Å². The van der Waals surface area contributed by atoms with E-state index >= 15 is 0 Å². The molecule has 0 bridgehead atoms. The van der Waals surface area contributed by atoms with Gasteiger partial charge < -0.3 is 14.8 Å². The van der Waals surface area contributed by atoms with Crippen LogP contribution in [0.4, 0.5) is 0 Å². The average molecular weight is 388 g/mol. The van der Waals surface area contributed by atoms with Crippen LogP contribution in [0, 0.1) is 0 Å². The summed E-state index contributed by atoms with van der Waals surface area (Å²) < 4.78 is 12.7. The van der Waals surface area contributed by atoms with Gasteiger partial charge in [-0.2, -0.15) is 9.78 Å². The van der Waals surface area contributed by atoms with Crippen LogP contribution in [0.3, 0.4) is 0 Å². The SMILES string of the molecule is CCCn1c(=O)c(C(=O)NCC2CCCO2)nn(-c2ccc(OC)cc2)c1=O. The lowest BCUT2D eigenvalue weighted by Crippen LogP contribution is -2.46. The molecule has 1 saturated heterocycles. The highest BCUT2D eigenvalue weighted by Crippen LogP contribution is 2.13. The highest BCUT2D eigenvalue weighted by molar-refractivity contribution is 5.91. The molecule has 2 aromatic rings. The second-order valence-electron chi connectivity index (χ2n) is 6.54. The van der Waals surface area contributed by atoms with Gasteiger partial charge in [0.25, 0.3) is 11.5 Å². The molecule has 0 saturated carbocycles. The molecule has 3 rings (SSSR count). The summed E-state index contributed by atoms with van der Waals surface area (Å²) in [6, 6.07) is 6.63. The van der Waals surface area contributed by atoms with Crippen LogP contribution in [0.25, 0.3) is 5.69 Å². The Hall–Kier alpha value is -2.94. The standard InChI is InChI=1S/C19H24N4O5/c1-3-10-22-18(25)16(17(24)20-12-15-5-4-11-28-15)21-23(19(22)26)13-6-8-14(27-2)9-7-13/h6-9,15H,3-5,10-12H2,1-2H3,(H,20,24). The molecule has 150 valence electrons. The average Bonchev–Trinajstić information content (AvgIpc) is 3.23. The first-order valence-electron chi connectivity index (χ1n) is 9.33. The van der Waals surface area contributed by atoms with E-state index in [1.807, 2.05) is 6.92 Å². The van der Waals surface area contributed by atoms with Gasteiger partial charge in [-0.3, -0.25) is 14.2 Å². The largest absolute Gasteiger partial charge is 0.497 e. The Morgan fingerprint density at radius 3 is 2.68 bits per heavy atom. The fourth-order valence-corrected chi connectivity index (χ4v) is 3.07. The van der Waals surface area contributed by atoms with Crippen molar-refractivity contribution in [1.82, 2.24) is 19.7 Å². The lowest BCUT2D eigenvalue weighted by atomic mass is 10.2. The van der Waals surface area contributed by atoms with Crippen molar-refractivity contribution in [1.29, 1.82) is 0 Å². The second kappa shape index (κ2) is 8.83. The molecule has 0 aliphatic carbocycles. The number of rotatable bonds is 7. The molecule has 2 heterocycles. The molecule has 1 unspecified atom stereocenters. The fourth-order valence-electron chi connectivity index (χ4n) is 3.07. The number of carbonyl (C=O) groups is 1. The Bertz CT molecular complexity index is 942. The Balaban J connectivity index is 1.98. The summed E-state index contributed by atoms with van der Waals surface area (Å²) in [6.07, 6.45) is 2.32. The summed E-state index contributed by atoms with van der Waals surface area (Å²) in [5.41, 5.74) is -1.17. The second-order valence-corrected chi connectivity index (χ2v) is 6.54. The van der Waals surface area contributed by atoms with Gasteiger partial charge in [0, 0.05) is 19.7 Å². The summed E-state index contributed by atoms with van der Waals surface area (Å²) >= 11 is 0. The summed E-state index contributed by atoms with van der Waals surface area (Å²) in [7, 11) is 1.54. The van der Waals surface area contributed by atoms with Gasteiger partial charge in [0.15, 0.2) is 0 Å². The zero-order chi connectivity index (χ0) is 20.1. The van der Waals surface area contributed by atoms with Gasteiger partial charge in [0.1, 0.15) is 5.75 Å². The zero-order valence-corrected chi connectivity index (χ0v) is 16.0. The first-order valence-corrected chi connectivity index (χ1v) is 9.33. The molecule has 9 heteroatoms. The first kappa shape index (κ1) is 19.8. The molecular weight excluding hydrogens is 364 g/mol. The number of aromatic nitrogens is 3. The molecule has 0 radical (unpaired) electrons. The van der Waals surface area contributed by atoms with Crippen molar-refractivity contribution < 1.29 is 14.3 Å². The minimum absolute atomic E-state index is 0.0608. The number of hydrogen-bond acceptors (Lipinski definition) is 6. The number of methoxy groups -OCH3 is 1. The van der Waals surface area contributed by atoms with E-state index in [2.05, 4.69) is 10.4 Å². The van der Waals surface area contributed by atoms with Crippen molar-refractivity contribution in [3.8, 4) is 11.4 Å². The lowest BCUT2D eigenvalue weighted by molar-refractivity contribution is 0.0849. The third kappa shape index (κ3) is 4.14. The van der Waals surface area contributed by atoms with Crippen molar-refractivity contribution in [2.75, 3.05) is 20.3 Å². The van der Waals surface area contributed by atoms with E-state index in [0.717, 1.165) is 22.1 Å². The minimum Gasteiger partial charge on any atom is -0.497 e. The van der Waals surface area contributed by atoms with Crippen LogP contribution in [0.5, 0.6) is 5.75 Å². The van der Waals surface area contributed by atoms with Crippen molar-refractivity contribution in [3.63, 3.8) is 0 Å². The number of amides is 1. The van der Waals surface area contributed by atoms with Crippen molar-refractivity contribution in [2.24, 2.45) is 0 Å². The molecule has 1 aromatic carbocycles. The zero-order valence-electron chi connectivity index (χ0n) is 16.0. The van der Waals surface area contributed by atoms with E-state index in [-0.39, 0.29) is 18.3 Å². The summed E-state index contributed by atoms with van der Waals surface area (Å²) in [6.45, 7) is 3.02. The summed E-state index contributed by atoms with van der Waals surface area (Å²) in [5, 5.41) is 6.76. The molecule has 1 atom stereocenters. The highest BCUT2D eigenvalue weighted by Gasteiger charge is 2.22. The van der Waals surface area contributed by atoms with Crippen LogP contribution in [-0.2, 0) is 11.3 Å². The molecule has 1 amide bonds. The first-order chi connectivity index (χ1) is 13.5. The number of nitrogens with one attached hydrogen (secondary N) is 1. The van der Waals surface area contributed by atoms with Crippen LogP contribution >= 0.6 is 0 Å². The monoisotopic (exact) mass is 388 g/mol. The number of nitrogens with zero attached hydrogens (tertiary/aromatic N) is 3. The van der Waals surface area contributed by atoms with E-state index in [1.54, 1.807) is 24.3 Å².